The lowest BCUT2D eigenvalue weighted by Gasteiger charge is -2.34. The Bertz CT molecular complexity index is 869. The molecule has 0 atom stereocenters. The molecule has 0 aromatic heterocycles. The number of hydrazone groups is 1. The molecule has 0 bridgehead atoms. The maximum Gasteiger partial charge on any atom is 0.254 e. The Labute approximate surface area is 178 Å². The largest absolute Gasteiger partial charge is 0.496 e. The summed E-state index contributed by atoms with van der Waals surface area (Å²) in [5.41, 5.74) is 6.17. The fraction of sp³-hybridized carbons (Fsp3) is 0.333. The van der Waals surface area contributed by atoms with Gasteiger partial charge in [-0.3, -0.25) is 14.6 Å². The zero-order chi connectivity index (χ0) is 21.2. The Morgan fingerprint density at radius 2 is 1.77 bits per heavy atom. The second-order valence-corrected chi connectivity index (χ2v) is 7.45. The number of methoxy groups -OCH3 is 1. The lowest BCUT2D eigenvalue weighted by atomic mass is 10.1. The zero-order valence-corrected chi connectivity index (χ0v) is 17.8. The van der Waals surface area contributed by atoms with E-state index < -0.39 is 0 Å². The Balaban J connectivity index is 1.36. The molecule has 2 aromatic rings. The number of para-hydroxylation sites is 1. The van der Waals surface area contributed by atoms with E-state index in [2.05, 4.69) is 51.5 Å². The molecule has 0 saturated carbocycles. The highest BCUT2D eigenvalue weighted by molar-refractivity contribution is 5.82. The van der Waals surface area contributed by atoms with Gasteiger partial charge in [0, 0.05) is 44.5 Å². The minimum Gasteiger partial charge on any atom is -0.496 e. The van der Waals surface area contributed by atoms with Gasteiger partial charge in [0.1, 0.15) is 5.75 Å². The van der Waals surface area contributed by atoms with Crippen LogP contribution in [-0.2, 0) is 11.3 Å². The summed E-state index contributed by atoms with van der Waals surface area (Å²) in [6, 6.07) is 16.4. The van der Waals surface area contributed by atoms with Crippen molar-refractivity contribution in [2.24, 2.45) is 5.10 Å². The van der Waals surface area contributed by atoms with E-state index in [-0.39, 0.29) is 5.91 Å². The highest BCUT2D eigenvalue weighted by atomic mass is 16.5. The number of amides is 1. The number of carbonyl (C=O) groups is 1. The van der Waals surface area contributed by atoms with Gasteiger partial charge in [-0.25, -0.2) is 5.43 Å². The molecule has 0 aliphatic carbocycles. The Hall–Kier alpha value is -2.96. The summed E-state index contributed by atoms with van der Waals surface area (Å²) < 4.78 is 5.30. The number of ether oxygens (including phenoxy) is 1. The van der Waals surface area contributed by atoms with Crippen molar-refractivity contribution >= 4 is 18.2 Å². The molecule has 6 nitrogen and oxygen atoms in total. The first-order valence-electron chi connectivity index (χ1n) is 10.3. The number of carbonyl (C=O) groups excluding carboxylic acids is 1. The lowest BCUT2D eigenvalue weighted by molar-refractivity contribution is -0.122. The maximum absolute atomic E-state index is 12.1. The summed E-state index contributed by atoms with van der Waals surface area (Å²) in [5.74, 6) is 0.705. The molecule has 1 fully saturated rings. The van der Waals surface area contributed by atoms with Gasteiger partial charge in [-0.1, -0.05) is 48.0 Å². The summed E-state index contributed by atoms with van der Waals surface area (Å²) in [7, 11) is 1.64. The summed E-state index contributed by atoms with van der Waals surface area (Å²) in [5, 5.41) is 4.00. The molecule has 1 N–H and O–H groups in total. The molecule has 0 spiro atoms. The van der Waals surface area contributed by atoms with Crippen LogP contribution in [0.4, 0.5) is 0 Å². The monoisotopic (exact) mass is 406 g/mol. The van der Waals surface area contributed by atoms with Gasteiger partial charge in [-0.05, 0) is 30.7 Å². The van der Waals surface area contributed by atoms with Crippen LogP contribution in [0.2, 0.25) is 0 Å². The van der Waals surface area contributed by atoms with Gasteiger partial charge in [0.05, 0.1) is 13.7 Å². The molecular formula is C24H30N4O2. The van der Waals surface area contributed by atoms with Gasteiger partial charge in [-0.2, -0.15) is 5.10 Å². The van der Waals surface area contributed by atoms with Crippen molar-refractivity contribution in [2.75, 3.05) is 39.8 Å². The Kier molecular flexibility index (Phi) is 8.18. The lowest BCUT2D eigenvalue weighted by Crippen LogP contribution is -2.48. The van der Waals surface area contributed by atoms with Crippen molar-refractivity contribution in [2.45, 2.75) is 13.5 Å². The van der Waals surface area contributed by atoms with Crippen molar-refractivity contribution in [1.82, 2.24) is 15.2 Å². The topological polar surface area (TPSA) is 57.2 Å². The average molecular weight is 407 g/mol. The molecule has 3 rings (SSSR count). The summed E-state index contributed by atoms with van der Waals surface area (Å²) in [6.45, 7) is 7.13. The standard InChI is InChI=1S/C24H30N4O2/c1-20-9-11-21(12-10-20)18-27-14-16-28(17-15-27)19-24(29)26-25-13-5-7-22-6-3-4-8-23(22)30-2/h3-13H,14-19H2,1-2H3,(H,26,29). The van der Waals surface area contributed by atoms with Gasteiger partial charge >= 0.3 is 0 Å². The molecular weight excluding hydrogens is 376 g/mol. The quantitative estimate of drug-likeness (QED) is 0.541. The normalized spacial score (nSPS) is 15.7. The van der Waals surface area contributed by atoms with Crippen LogP contribution in [0.3, 0.4) is 0 Å². The number of hydrogen-bond acceptors (Lipinski definition) is 5. The van der Waals surface area contributed by atoms with Gasteiger partial charge < -0.3 is 4.74 Å². The number of piperazine rings is 1. The number of nitrogens with zero attached hydrogens (tertiary/aromatic N) is 3. The molecule has 2 aromatic carbocycles. The molecule has 1 aliphatic rings. The van der Waals surface area contributed by atoms with Crippen LogP contribution >= 0.6 is 0 Å². The minimum atomic E-state index is -0.0936. The van der Waals surface area contributed by atoms with Crippen molar-refractivity contribution < 1.29 is 9.53 Å². The number of benzene rings is 2. The van der Waals surface area contributed by atoms with E-state index in [0.29, 0.717) is 6.54 Å². The van der Waals surface area contributed by atoms with Crippen LogP contribution < -0.4 is 10.2 Å². The summed E-state index contributed by atoms with van der Waals surface area (Å²) in [6.07, 6.45) is 5.24. The number of rotatable bonds is 8. The van der Waals surface area contributed by atoms with Crippen LogP contribution in [0.5, 0.6) is 5.75 Å². The van der Waals surface area contributed by atoms with E-state index >= 15 is 0 Å². The fourth-order valence-corrected chi connectivity index (χ4v) is 3.40. The van der Waals surface area contributed by atoms with E-state index in [9.17, 15) is 4.79 Å². The second-order valence-electron chi connectivity index (χ2n) is 7.45. The highest BCUT2D eigenvalue weighted by Crippen LogP contribution is 2.18. The molecule has 30 heavy (non-hydrogen) atoms. The van der Waals surface area contributed by atoms with E-state index in [1.165, 1.54) is 11.1 Å². The molecule has 1 amide bonds. The van der Waals surface area contributed by atoms with E-state index in [1.54, 1.807) is 19.4 Å². The molecule has 0 unspecified atom stereocenters. The van der Waals surface area contributed by atoms with Crippen LogP contribution in [0.1, 0.15) is 16.7 Å². The van der Waals surface area contributed by atoms with Crippen LogP contribution in [0.25, 0.3) is 6.08 Å². The van der Waals surface area contributed by atoms with Crippen LogP contribution in [0.15, 0.2) is 59.7 Å². The van der Waals surface area contributed by atoms with Crippen LogP contribution in [-0.4, -0.2) is 61.8 Å². The zero-order valence-electron chi connectivity index (χ0n) is 17.8. The third-order valence-corrected chi connectivity index (χ3v) is 5.12. The average Bonchev–Trinajstić information content (AvgIpc) is 2.77. The van der Waals surface area contributed by atoms with E-state index in [4.69, 9.17) is 4.74 Å². The molecule has 6 heteroatoms. The van der Waals surface area contributed by atoms with Gasteiger partial charge in [0.2, 0.25) is 0 Å². The second kappa shape index (κ2) is 11.3. The minimum absolute atomic E-state index is 0.0936. The first-order chi connectivity index (χ1) is 14.6. The predicted molar refractivity (Wildman–Crippen MR) is 122 cm³/mol. The Morgan fingerprint density at radius 1 is 1.07 bits per heavy atom. The van der Waals surface area contributed by atoms with E-state index in [0.717, 1.165) is 44.0 Å². The number of aryl methyl sites for hydroxylation is 1. The van der Waals surface area contributed by atoms with Crippen molar-refractivity contribution in [1.29, 1.82) is 0 Å². The van der Waals surface area contributed by atoms with Crippen molar-refractivity contribution in [3.8, 4) is 5.75 Å². The predicted octanol–water partition coefficient (Wildman–Crippen LogP) is 2.94. The smallest absolute Gasteiger partial charge is 0.254 e. The third kappa shape index (κ3) is 6.83. The Morgan fingerprint density at radius 3 is 2.50 bits per heavy atom. The third-order valence-electron chi connectivity index (χ3n) is 5.12. The molecule has 1 saturated heterocycles. The highest BCUT2D eigenvalue weighted by Gasteiger charge is 2.18. The first-order valence-corrected chi connectivity index (χ1v) is 10.3. The van der Waals surface area contributed by atoms with E-state index in [1.807, 2.05) is 30.3 Å². The number of nitrogens with one attached hydrogen (secondary N) is 1. The SMILES string of the molecule is COc1ccccc1C=CC=NNC(=O)CN1CCN(Cc2ccc(C)cc2)CC1. The molecule has 0 radical (unpaired) electrons. The van der Waals surface area contributed by atoms with Crippen molar-refractivity contribution in [3.63, 3.8) is 0 Å². The molecule has 158 valence electrons. The van der Waals surface area contributed by atoms with Gasteiger partial charge in [-0.15, -0.1) is 0 Å². The fourth-order valence-electron chi connectivity index (χ4n) is 3.40. The summed E-state index contributed by atoms with van der Waals surface area (Å²) >= 11 is 0. The van der Waals surface area contributed by atoms with Gasteiger partial charge in [0.15, 0.2) is 0 Å². The van der Waals surface area contributed by atoms with Gasteiger partial charge in [0.25, 0.3) is 5.91 Å². The molecule has 1 aliphatic heterocycles. The summed E-state index contributed by atoms with van der Waals surface area (Å²) in [4.78, 5) is 16.7. The number of hydrogen-bond donors (Lipinski definition) is 1. The molecule has 1 heterocycles. The van der Waals surface area contributed by atoms with Crippen molar-refractivity contribution in [3.05, 3.63) is 71.3 Å². The maximum atomic E-state index is 12.1. The van der Waals surface area contributed by atoms with Crippen LogP contribution in [0, 0.1) is 6.92 Å². The number of allylic oxidation sites excluding steroid dienone is 1. The first kappa shape index (κ1) is 21.7.